The molecule has 0 atom stereocenters. The second-order valence-corrected chi connectivity index (χ2v) is 6.75. The van der Waals surface area contributed by atoms with Crippen LogP contribution in [0, 0.1) is 0 Å². The van der Waals surface area contributed by atoms with E-state index in [9.17, 15) is 4.79 Å². The molecule has 0 radical (unpaired) electrons. The first-order valence-corrected chi connectivity index (χ1v) is 9.79. The molecule has 6 heteroatoms. The number of nitrogens with zero attached hydrogens (tertiary/aromatic N) is 2. The number of nitrogens with one attached hydrogen (secondary N) is 1. The van der Waals surface area contributed by atoms with Crippen LogP contribution in [0.5, 0.6) is 17.4 Å². The van der Waals surface area contributed by atoms with Gasteiger partial charge in [0, 0.05) is 36.0 Å². The Hall–Kier alpha value is -4.19. The van der Waals surface area contributed by atoms with Crippen LogP contribution in [0.3, 0.4) is 0 Å². The van der Waals surface area contributed by atoms with Crippen molar-refractivity contribution < 1.29 is 14.3 Å². The van der Waals surface area contributed by atoms with Gasteiger partial charge in [-0.25, -0.2) is 4.98 Å². The van der Waals surface area contributed by atoms with Crippen molar-refractivity contribution >= 4 is 5.91 Å². The molecule has 1 heterocycles. The summed E-state index contributed by atoms with van der Waals surface area (Å²) in [7, 11) is 1.60. The fraction of sp³-hybridized carbons (Fsp3) is 0.0800. The number of hydrogen-bond donors (Lipinski definition) is 1. The van der Waals surface area contributed by atoms with Crippen molar-refractivity contribution in [3.05, 3.63) is 102 Å². The standard InChI is InChI=1S/C25H21N3O3/c1-30-21-11-6-12-22(16-21)31-23-13-14-26-24(28-23)19-9-5-10-20(15-19)25(29)27-17-18-7-3-2-4-8-18/h2-16H,17H2,1H3,(H,27,29). The summed E-state index contributed by atoms with van der Waals surface area (Å²) in [4.78, 5) is 21.4. The van der Waals surface area contributed by atoms with Crippen molar-refractivity contribution in [3.8, 4) is 28.8 Å². The molecule has 3 aromatic carbocycles. The number of ether oxygens (including phenoxy) is 2. The monoisotopic (exact) mass is 411 g/mol. The molecular weight excluding hydrogens is 390 g/mol. The molecule has 31 heavy (non-hydrogen) atoms. The number of hydrogen-bond acceptors (Lipinski definition) is 5. The van der Waals surface area contributed by atoms with Gasteiger partial charge in [-0.2, -0.15) is 4.98 Å². The van der Waals surface area contributed by atoms with E-state index in [-0.39, 0.29) is 5.91 Å². The molecule has 0 unspecified atom stereocenters. The quantitative estimate of drug-likeness (QED) is 0.469. The highest BCUT2D eigenvalue weighted by molar-refractivity contribution is 5.95. The van der Waals surface area contributed by atoms with E-state index >= 15 is 0 Å². The first-order chi connectivity index (χ1) is 15.2. The van der Waals surface area contributed by atoms with Crippen LogP contribution in [0.4, 0.5) is 0 Å². The second kappa shape index (κ2) is 9.54. The highest BCUT2D eigenvalue weighted by Gasteiger charge is 2.10. The summed E-state index contributed by atoms with van der Waals surface area (Å²) < 4.78 is 11.1. The lowest BCUT2D eigenvalue weighted by atomic mass is 10.1. The predicted octanol–water partition coefficient (Wildman–Crippen LogP) is 4.87. The van der Waals surface area contributed by atoms with E-state index in [1.165, 1.54) is 0 Å². The molecule has 1 amide bonds. The number of rotatable bonds is 7. The summed E-state index contributed by atoms with van der Waals surface area (Å²) in [6.45, 7) is 0.463. The van der Waals surface area contributed by atoms with Gasteiger partial charge >= 0.3 is 0 Å². The topological polar surface area (TPSA) is 73.3 Å². The van der Waals surface area contributed by atoms with E-state index in [0.29, 0.717) is 35.3 Å². The largest absolute Gasteiger partial charge is 0.497 e. The summed E-state index contributed by atoms with van der Waals surface area (Å²) in [5.41, 5.74) is 2.30. The van der Waals surface area contributed by atoms with Gasteiger partial charge < -0.3 is 14.8 Å². The Labute approximate surface area is 180 Å². The van der Waals surface area contributed by atoms with Crippen molar-refractivity contribution in [2.45, 2.75) is 6.54 Å². The lowest BCUT2D eigenvalue weighted by Crippen LogP contribution is -2.22. The molecule has 0 aliphatic rings. The highest BCUT2D eigenvalue weighted by atomic mass is 16.5. The third kappa shape index (κ3) is 5.25. The molecule has 0 saturated carbocycles. The van der Waals surface area contributed by atoms with Crippen LogP contribution in [0.25, 0.3) is 11.4 Å². The maximum absolute atomic E-state index is 12.6. The van der Waals surface area contributed by atoms with Crippen molar-refractivity contribution in [1.29, 1.82) is 0 Å². The second-order valence-electron chi connectivity index (χ2n) is 6.75. The summed E-state index contributed by atoms with van der Waals surface area (Å²) in [6, 6.07) is 25.9. The van der Waals surface area contributed by atoms with Crippen LogP contribution in [0.2, 0.25) is 0 Å². The molecule has 4 rings (SSSR count). The Morgan fingerprint density at radius 3 is 2.55 bits per heavy atom. The van der Waals surface area contributed by atoms with Crippen molar-refractivity contribution in [1.82, 2.24) is 15.3 Å². The SMILES string of the molecule is COc1cccc(Oc2ccnc(-c3cccc(C(=O)NCc4ccccc4)c3)n2)c1. The van der Waals surface area contributed by atoms with Gasteiger partial charge in [0.2, 0.25) is 5.88 Å². The van der Waals surface area contributed by atoms with Gasteiger partial charge in [0.05, 0.1) is 7.11 Å². The summed E-state index contributed by atoms with van der Waals surface area (Å²) >= 11 is 0. The highest BCUT2D eigenvalue weighted by Crippen LogP contribution is 2.25. The van der Waals surface area contributed by atoms with Gasteiger partial charge in [0.25, 0.3) is 5.91 Å². The number of carbonyl (C=O) groups excluding carboxylic acids is 1. The van der Waals surface area contributed by atoms with E-state index in [4.69, 9.17) is 9.47 Å². The predicted molar refractivity (Wildman–Crippen MR) is 118 cm³/mol. The lowest BCUT2D eigenvalue weighted by Gasteiger charge is -2.09. The van der Waals surface area contributed by atoms with E-state index in [1.54, 1.807) is 37.6 Å². The van der Waals surface area contributed by atoms with Crippen LogP contribution in [-0.4, -0.2) is 23.0 Å². The smallest absolute Gasteiger partial charge is 0.251 e. The van der Waals surface area contributed by atoms with Crippen LogP contribution in [0.15, 0.2) is 91.1 Å². The number of carbonyl (C=O) groups is 1. The molecule has 154 valence electrons. The van der Waals surface area contributed by atoms with Gasteiger partial charge in [0.15, 0.2) is 5.82 Å². The van der Waals surface area contributed by atoms with Crippen molar-refractivity contribution in [3.63, 3.8) is 0 Å². The fourth-order valence-electron chi connectivity index (χ4n) is 3.00. The number of methoxy groups -OCH3 is 1. The van der Waals surface area contributed by atoms with Crippen LogP contribution < -0.4 is 14.8 Å². The normalized spacial score (nSPS) is 10.4. The van der Waals surface area contributed by atoms with E-state index < -0.39 is 0 Å². The summed E-state index contributed by atoms with van der Waals surface area (Å²) in [6.07, 6.45) is 1.62. The number of amides is 1. The van der Waals surface area contributed by atoms with Gasteiger partial charge in [-0.1, -0.05) is 48.5 Å². The first kappa shape index (κ1) is 20.1. The zero-order chi connectivity index (χ0) is 21.5. The van der Waals surface area contributed by atoms with Crippen LogP contribution in [-0.2, 0) is 6.54 Å². The maximum atomic E-state index is 12.6. The van der Waals surface area contributed by atoms with Gasteiger partial charge in [0.1, 0.15) is 11.5 Å². The van der Waals surface area contributed by atoms with Gasteiger partial charge in [-0.15, -0.1) is 0 Å². The van der Waals surface area contributed by atoms with Gasteiger partial charge in [-0.3, -0.25) is 4.79 Å². The van der Waals surface area contributed by atoms with Crippen LogP contribution in [0.1, 0.15) is 15.9 Å². The molecule has 0 aliphatic carbocycles. The average molecular weight is 411 g/mol. The number of benzene rings is 3. The molecule has 0 bridgehead atoms. The minimum Gasteiger partial charge on any atom is -0.497 e. The summed E-state index contributed by atoms with van der Waals surface area (Å²) in [5, 5.41) is 2.93. The van der Waals surface area contributed by atoms with Crippen LogP contribution >= 0.6 is 0 Å². The van der Waals surface area contributed by atoms with Gasteiger partial charge in [-0.05, 0) is 29.8 Å². The number of aromatic nitrogens is 2. The zero-order valence-corrected chi connectivity index (χ0v) is 17.0. The van der Waals surface area contributed by atoms with E-state index in [1.807, 2.05) is 60.7 Å². The lowest BCUT2D eigenvalue weighted by molar-refractivity contribution is 0.0951. The molecule has 1 N–H and O–H groups in total. The average Bonchev–Trinajstić information content (AvgIpc) is 2.83. The Morgan fingerprint density at radius 1 is 0.903 bits per heavy atom. The molecule has 4 aromatic rings. The Kier molecular flexibility index (Phi) is 6.18. The molecule has 0 spiro atoms. The third-order valence-corrected chi connectivity index (χ3v) is 4.57. The van der Waals surface area contributed by atoms with E-state index in [0.717, 1.165) is 11.1 Å². The molecule has 0 fully saturated rings. The third-order valence-electron chi connectivity index (χ3n) is 4.57. The van der Waals surface area contributed by atoms with Crippen molar-refractivity contribution in [2.75, 3.05) is 7.11 Å². The molecule has 6 nitrogen and oxygen atoms in total. The molecule has 0 aliphatic heterocycles. The Bertz CT molecular complexity index is 1180. The molecular formula is C25H21N3O3. The molecule has 0 saturated heterocycles. The minimum atomic E-state index is -0.158. The fourth-order valence-corrected chi connectivity index (χ4v) is 3.00. The molecule has 1 aromatic heterocycles. The first-order valence-electron chi connectivity index (χ1n) is 9.79. The Morgan fingerprint density at radius 2 is 1.71 bits per heavy atom. The Balaban J connectivity index is 1.49. The van der Waals surface area contributed by atoms with E-state index in [2.05, 4.69) is 15.3 Å². The maximum Gasteiger partial charge on any atom is 0.251 e. The minimum absolute atomic E-state index is 0.158. The van der Waals surface area contributed by atoms with Crippen molar-refractivity contribution in [2.24, 2.45) is 0 Å². The summed E-state index contributed by atoms with van der Waals surface area (Å²) in [5.74, 6) is 2.02. The zero-order valence-electron chi connectivity index (χ0n) is 17.0.